The van der Waals surface area contributed by atoms with Gasteiger partial charge in [-0.25, -0.2) is 0 Å². The number of rotatable bonds is 9. The monoisotopic (exact) mass is 358 g/mol. The van der Waals surface area contributed by atoms with E-state index in [0.717, 1.165) is 0 Å². The van der Waals surface area contributed by atoms with E-state index in [0.29, 0.717) is 32.1 Å². The van der Waals surface area contributed by atoms with E-state index in [9.17, 15) is 14.7 Å². The normalized spacial score (nSPS) is 26.7. The molecule has 0 amide bonds. The minimum Gasteiger partial charge on any atom is -0.463 e. The van der Waals surface area contributed by atoms with Crippen molar-refractivity contribution in [1.82, 2.24) is 0 Å². The van der Waals surface area contributed by atoms with E-state index in [1.54, 1.807) is 0 Å². The second-order valence-corrected chi connectivity index (χ2v) is 6.85. The van der Waals surface area contributed by atoms with Gasteiger partial charge >= 0.3 is 11.9 Å². The van der Waals surface area contributed by atoms with Gasteiger partial charge in [0.25, 0.3) is 0 Å². The molecule has 0 spiro atoms. The number of aliphatic hydroxyl groups excluding tert-OH is 1. The van der Waals surface area contributed by atoms with Gasteiger partial charge in [-0.2, -0.15) is 0 Å². The van der Waals surface area contributed by atoms with Gasteiger partial charge in [-0.05, 0) is 32.6 Å². The zero-order valence-electron chi connectivity index (χ0n) is 16.2. The van der Waals surface area contributed by atoms with E-state index < -0.39 is 18.3 Å². The average Bonchev–Trinajstić information content (AvgIpc) is 2.57. The summed E-state index contributed by atoms with van der Waals surface area (Å²) in [6.07, 6.45) is 0.730. The molecule has 6 nitrogen and oxygen atoms in total. The van der Waals surface area contributed by atoms with Crippen LogP contribution in [0.3, 0.4) is 0 Å². The van der Waals surface area contributed by atoms with Crippen LogP contribution in [0.25, 0.3) is 0 Å². The standard InChI is InChI=1S/C19H34O6/c1-6-13(7-2)18(21)23-11-16-17(15(20)10-12(5)24-16)25-19(22)14(8-3)9-4/h12-17,20H,6-11H2,1-5H3/t12-,15?,16?,17?/m0/s1. The number of esters is 2. The fourth-order valence-electron chi connectivity index (χ4n) is 3.20. The number of carbonyl (C=O) groups excluding carboxylic acids is 2. The maximum Gasteiger partial charge on any atom is 0.309 e. The summed E-state index contributed by atoms with van der Waals surface area (Å²) in [6, 6.07) is 0. The average molecular weight is 358 g/mol. The summed E-state index contributed by atoms with van der Waals surface area (Å²) in [5, 5.41) is 10.4. The van der Waals surface area contributed by atoms with Gasteiger partial charge in [0.15, 0.2) is 6.10 Å². The lowest BCUT2D eigenvalue weighted by Gasteiger charge is -2.38. The zero-order valence-corrected chi connectivity index (χ0v) is 16.2. The third-order valence-corrected chi connectivity index (χ3v) is 5.01. The van der Waals surface area contributed by atoms with Crippen molar-refractivity contribution in [3.8, 4) is 0 Å². The fraction of sp³-hybridized carbons (Fsp3) is 0.895. The Bertz CT molecular complexity index is 416. The van der Waals surface area contributed by atoms with Crippen LogP contribution in [-0.2, 0) is 23.8 Å². The second kappa shape index (κ2) is 10.8. The molecule has 1 rings (SSSR count). The molecule has 1 fully saturated rings. The molecule has 6 heteroatoms. The highest BCUT2D eigenvalue weighted by Crippen LogP contribution is 2.25. The third-order valence-electron chi connectivity index (χ3n) is 5.01. The molecule has 1 heterocycles. The lowest BCUT2D eigenvalue weighted by molar-refractivity contribution is -0.208. The van der Waals surface area contributed by atoms with Crippen LogP contribution in [0.15, 0.2) is 0 Å². The maximum absolute atomic E-state index is 12.3. The van der Waals surface area contributed by atoms with Gasteiger partial charge in [-0.15, -0.1) is 0 Å². The van der Waals surface area contributed by atoms with E-state index in [-0.39, 0.29) is 36.5 Å². The van der Waals surface area contributed by atoms with Gasteiger partial charge in [0.2, 0.25) is 0 Å². The quantitative estimate of drug-likeness (QED) is 0.638. The molecule has 1 saturated heterocycles. The largest absolute Gasteiger partial charge is 0.463 e. The molecule has 25 heavy (non-hydrogen) atoms. The third kappa shape index (κ3) is 6.26. The first-order chi connectivity index (χ1) is 11.9. The highest BCUT2D eigenvalue weighted by atomic mass is 16.6. The smallest absolute Gasteiger partial charge is 0.309 e. The number of ether oxygens (including phenoxy) is 3. The molecule has 146 valence electrons. The van der Waals surface area contributed by atoms with E-state index in [1.807, 2.05) is 34.6 Å². The minimum atomic E-state index is -0.820. The summed E-state index contributed by atoms with van der Waals surface area (Å²) < 4.78 is 16.7. The van der Waals surface area contributed by atoms with Crippen LogP contribution in [0.1, 0.15) is 66.7 Å². The lowest BCUT2D eigenvalue weighted by Crippen LogP contribution is -2.52. The van der Waals surface area contributed by atoms with Gasteiger partial charge in [-0.1, -0.05) is 27.7 Å². The van der Waals surface area contributed by atoms with Crippen molar-refractivity contribution < 1.29 is 28.9 Å². The summed E-state index contributed by atoms with van der Waals surface area (Å²) >= 11 is 0. The second-order valence-electron chi connectivity index (χ2n) is 6.85. The maximum atomic E-state index is 12.3. The Hall–Kier alpha value is -1.14. The van der Waals surface area contributed by atoms with Gasteiger partial charge < -0.3 is 19.3 Å². The zero-order chi connectivity index (χ0) is 19.0. The van der Waals surface area contributed by atoms with E-state index in [1.165, 1.54) is 0 Å². The predicted octanol–water partition coefficient (Wildman–Crippen LogP) is 2.85. The lowest BCUT2D eigenvalue weighted by atomic mass is 9.97. The number of carbonyl (C=O) groups is 2. The first-order valence-corrected chi connectivity index (χ1v) is 9.58. The number of aliphatic hydroxyl groups is 1. The van der Waals surface area contributed by atoms with Crippen LogP contribution in [-0.4, -0.2) is 48.1 Å². The minimum absolute atomic E-state index is 0.0163. The Morgan fingerprint density at radius 3 is 2.08 bits per heavy atom. The van der Waals surface area contributed by atoms with Crippen molar-refractivity contribution in [2.75, 3.05) is 6.61 Å². The van der Waals surface area contributed by atoms with Crippen LogP contribution >= 0.6 is 0 Å². The van der Waals surface area contributed by atoms with Gasteiger partial charge in [0.05, 0.1) is 24.0 Å². The number of hydrogen-bond acceptors (Lipinski definition) is 6. The Morgan fingerprint density at radius 1 is 1.04 bits per heavy atom. The molecule has 1 aliphatic rings. The van der Waals surface area contributed by atoms with Crippen molar-refractivity contribution in [2.24, 2.45) is 11.8 Å². The van der Waals surface area contributed by atoms with Gasteiger partial charge in [0, 0.05) is 6.42 Å². The van der Waals surface area contributed by atoms with Crippen LogP contribution in [0.4, 0.5) is 0 Å². The summed E-state index contributed by atoms with van der Waals surface area (Å²) in [5.74, 6) is -0.939. The molecule has 4 atom stereocenters. The van der Waals surface area contributed by atoms with Gasteiger partial charge in [0.1, 0.15) is 12.7 Å². The molecular weight excluding hydrogens is 324 g/mol. The molecule has 1 N–H and O–H groups in total. The van der Waals surface area contributed by atoms with Crippen molar-refractivity contribution >= 4 is 11.9 Å². The Balaban J connectivity index is 2.74. The molecule has 0 bridgehead atoms. The summed E-state index contributed by atoms with van der Waals surface area (Å²) in [5.41, 5.74) is 0. The summed E-state index contributed by atoms with van der Waals surface area (Å²) in [7, 11) is 0. The van der Waals surface area contributed by atoms with E-state index in [2.05, 4.69) is 0 Å². The van der Waals surface area contributed by atoms with Crippen molar-refractivity contribution in [1.29, 1.82) is 0 Å². The predicted molar refractivity (Wildman–Crippen MR) is 93.9 cm³/mol. The summed E-state index contributed by atoms with van der Waals surface area (Å²) in [6.45, 7) is 9.58. The molecule has 0 aromatic carbocycles. The highest BCUT2D eigenvalue weighted by molar-refractivity contribution is 5.73. The van der Waals surface area contributed by atoms with Crippen LogP contribution < -0.4 is 0 Å². The van der Waals surface area contributed by atoms with Crippen molar-refractivity contribution in [3.05, 3.63) is 0 Å². The molecule has 0 saturated carbocycles. The van der Waals surface area contributed by atoms with Crippen LogP contribution in [0.2, 0.25) is 0 Å². The van der Waals surface area contributed by atoms with E-state index in [4.69, 9.17) is 14.2 Å². The topological polar surface area (TPSA) is 82.1 Å². The van der Waals surface area contributed by atoms with Crippen LogP contribution in [0, 0.1) is 11.8 Å². The Morgan fingerprint density at radius 2 is 1.56 bits per heavy atom. The highest BCUT2D eigenvalue weighted by Gasteiger charge is 2.40. The molecular formula is C19H34O6. The molecule has 0 radical (unpaired) electrons. The first-order valence-electron chi connectivity index (χ1n) is 9.58. The Kier molecular flexibility index (Phi) is 9.43. The molecule has 0 aliphatic carbocycles. The molecule has 1 aliphatic heterocycles. The van der Waals surface area contributed by atoms with Gasteiger partial charge in [-0.3, -0.25) is 9.59 Å². The number of hydrogen-bond donors (Lipinski definition) is 1. The first kappa shape index (κ1) is 21.9. The van der Waals surface area contributed by atoms with Crippen molar-refractivity contribution in [3.63, 3.8) is 0 Å². The Labute approximate surface area is 151 Å². The fourth-order valence-corrected chi connectivity index (χ4v) is 3.20. The summed E-state index contributed by atoms with van der Waals surface area (Å²) in [4.78, 5) is 24.4. The van der Waals surface area contributed by atoms with E-state index >= 15 is 0 Å². The molecule has 0 aromatic rings. The van der Waals surface area contributed by atoms with Crippen molar-refractivity contribution in [2.45, 2.75) is 91.1 Å². The van der Waals surface area contributed by atoms with Crippen LogP contribution in [0.5, 0.6) is 0 Å². The SMILES string of the molecule is CCC(CC)C(=O)OCC1O[C@@H](C)CC(O)C1OC(=O)C(CC)CC. The molecule has 3 unspecified atom stereocenters. The molecule has 0 aromatic heterocycles.